The molecule has 0 saturated carbocycles. The molecular weight excluding hydrogens is 268 g/mol. The average Bonchev–Trinajstić information content (AvgIpc) is 3.15. The van der Waals surface area contributed by atoms with Crippen LogP contribution in [-0.2, 0) is 7.05 Å². The van der Waals surface area contributed by atoms with Gasteiger partial charge in [-0.15, -0.1) is 0 Å². The van der Waals surface area contributed by atoms with E-state index in [1.165, 1.54) is 0 Å². The molecule has 2 atom stereocenters. The lowest BCUT2D eigenvalue weighted by Gasteiger charge is -2.15. The Morgan fingerprint density at radius 2 is 2.00 bits per heavy atom. The van der Waals surface area contributed by atoms with Crippen molar-refractivity contribution in [3.63, 3.8) is 0 Å². The molecule has 6 heteroatoms. The summed E-state index contributed by atoms with van der Waals surface area (Å²) in [4.78, 5) is 4.35. The molecule has 108 valence electrons. The summed E-state index contributed by atoms with van der Waals surface area (Å²) in [7, 11) is 1.83. The van der Waals surface area contributed by atoms with Crippen molar-refractivity contribution in [3.05, 3.63) is 54.2 Å². The number of aliphatic hydroxyl groups excluding tert-OH is 1. The van der Waals surface area contributed by atoms with Crippen molar-refractivity contribution in [2.24, 2.45) is 7.05 Å². The molecule has 2 aromatic heterocycles. The van der Waals surface area contributed by atoms with E-state index in [9.17, 15) is 5.11 Å². The van der Waals surface area contributed by atoms with Gasteiger partial charge in [-0.05, 0) is 5.56 Å². The van der Waals surface area contributed by atoms with E-state index in [2.05, 4.69) is 15.2 Å². The summed E-state index contributed by atoms with van der Waals surface area (Å²) in [5, 5.41) is 18.4. The molecule has 2 heterocycles. The smallest absolute Gasteiger partial charge is 0.232 e. The molecule has 3 rings (SSSR count). The van der Waals surface area contributed by atoms with Gasteiger partial charge in [-0.25, -0.2) is 0 Å². The van der Waals surface area contributed by atoms with Crippen LogP contribution in [-0.4, -0.2) is 25.0 Å². The number of rotatable bonds is 4. The molecule has 21 heavy (non-hydrogen) atoms. The molecule has 6 nitrogen and oxygen atoms in total. The predicted molar refractivity (Wildman–Crippen MR) is 76.3 cm³/mol. The van der Waals surface area contributed by atoms with Crippen molar-refractivity contribution in [2.45, 2.75) is 18.9 Å². The zero-order chi connectivity index (χ0) is 14.8. The first-order chi connectivity index (χ1) is 10.1. The van der Waals surface area contributed by atoms with Crippen LogP contribution in [0.3, 0.4) is 0 Å². The van der Waals surface area contributed by atoms with Gasteiger partial charge in [0, 0.05) is 13.2 Å². The van der Waals surface area contributed by atoms with Crippen LogP contribution in [0, 0.1) is 0 Å². The van der Waals surface area contributed by atoms with Crippen molar-refractivity contribution in [1.29, 1.82) is 0 Å². The molecule has 0 bridgehead atoms. The van der Waals surface area contributed by atoms with Gasteiger partial charge < -0.3 is 9.63 Å². The molecule has 0 aliphatic heterocycles. The highest BCUT2D eigenvalue weighted by molar-refractivity contribution is 5.51. The van der Waals surface area contributed by atoms with Crippen LogP contribution in [0.5, 0.6) is 0 Å². The van der Waals surface area contributed by atoms with Gasteiger partial charge in [0.05, 0.1) is 23.8 Å². The van der Waals surface area contributed by atoms with Gasteiger partial charge in [-0.3, -0.25) is 4.68 Å². The van der Waals surface area contributed by atoms with Crippen LogP contribution in [0.4, 0.5) is 0 Å². The topological polar surface area (TPSA) is 77.0 Å². The zero-order valence-electron chi connectivity index (χ0n) is 11.8. The number of aromatic nitrogens is 4. The second-order valence-electron chi connectivity index (χ2n) is 5.00. The van der Waals surface area contributed by atoms with Crippen LogP contribution < -0.4 is 0 Å². The van der Waals surface area contributed by atoms with Crippen molar-refractivity contribution >= 4 is 0 Å². The highest BCUT2D eigenvalue weighted by Crippen LogP contribution is 2.30. The summed E-state index contributed by atoms with van der Waals surface area (Å²) in [6, 6.07) is 9.44. The minimum Gasteiger partial charge on any atom is -0.388 e. The predicted octanol–water partition coefficient (Wildman–Crippen LogP) is 2.31. The van der Waals surface area contributed by atoms with E-state index in [-0.39, 0.29) is 5.92 Å². The van der Waals surface area contributed by atoms with Crippen molar-refractivity contribution < 1.29 is 9.63 Å². The minimum atomic E-state index is -0.687. The standard InChI is InChI=1S/C15H16N4O2/c1-10(13(20)11-6-4-3-5-7-11)15-17-14(18-21-15)12-8-16-19(2)9-12/h3-10,13,20H,1-2H3. The molecule has 0 saturated heterocycles. The van der Waals surface area contributed by atoms with Crippen LogP contribution >= 0.6 is 0 Å². The maximum Gasteiger partial charge on any atom is 0.232 e. The first kappa shape index (κ1) is 13.5. The average molecular weight is 284 g/mol. The Balaban J connectivity index is 1.82. The fourth-order valence-corrected chi connectivity index (χ4v) is 2.15. The molecule has 0 aliphatic carbocycles. The van der Waals surface area contributed by atoms with Gasteiger partial charge in [0.15, 0.2) is 0 Å². The molecular formula is C15H16N4O2. The molecule has 0 aliphatic rings. The number of benzene rings is 1. The van der Waals surface area contributed by atoms with Crippen LogP contribution in [0.25, 0.3) is 11.4 Å². The second-order valence-corrected chi connectivity index (χ2v) is 5.00. The maximum atomic E-state index is 10.4. The number of hydrogen-bond acceptors (Lipinski definition) is 5. The van der Waals surface area contributed by atoms with E-state index in [1.807, 2.05) is 50.5 Å². The van der Waals surface area contributed by atoms with Crippen molar-refractivity contribution in [1.82, 2.24) is 19.9 Å². The lowest BCUT2D eigenvalue weighted by Crippen LogP contribution is -2.07. The lowest BCUT2D eigenvalue weighted by molar-refractivity contribution is 0.135. The highest BCUT2D eigenvalue weighted by Gasteiger charge is 2.24. The normalized spacial score (nSPS) is 14.0. The second kappa shape index (κ2) is 5.49. The third-order valence-electron chi connectivity index (χ3n) is 3.41. The fraction of sp³-hybridized carbons (Fsp3) is 0.267. The Morgan fingerprint density at radius 3 is 2.67 bits per heavy atom. The third kappa shape index (κ3) is 2.71. The van der Waals surface area contributed by atoms with Crippen LogP contribution in [0.1, 0.15) is 30.4 Å². The van der Waals surface area contributed by atoms with Gasteiger partial charge in [0.25, 0.3) is 0 Å². The third-order valence-corrected chi connectivity index (χ3v) is 3.41. The van der Waals surface area contributed by atoms with Gasteiger partial charge in [0.2, 0.25) is 11.7 Å². The summed E-state index contributed by atoms with van der Waals surface area (Å²) in [5.41, 5.74) is 1.61. The van der Waals surface area contributed by atoms with Crippen molar-refractivity contribution in [2.75, 3.05) is 0 Å². The molecule has 0 fully saturated rings. The summed E-state index contributed by atoms with van der Waals surface area (Å²) >= 11 is 0. The van der Waals surface area contributed by atoms with E-state index in [0.29, 0.717) is 11.7 Å². The summed E-state index contributed by atoms with van der Waals surface area (Å²) < 4.78 is 6.95. The molecule has 0 spiro atoms. The Kier molecular flexibility index (Phi) is 3.53. The number of aryl methyl sites for hydroxylation is 1. The van der Waals surface area contributed by atoms with E-state index in [1.54, 1.807) is 10.9 Å². The SMILES string of the molecule is CC(c1nc(-c2cnn(C)c2)no1)C(O)c1ccccc1. The fourth-order valence-electron chi connectivity index (χ4n) is 2.15. The number of aliphatic hydroxyl groups is 1. The zero-order valence-corrected chi connectivity index (χ0v) is 11.8. The summed E-state index contributed by atoms with van der Waals surface area (Å²) in [6.07, 6.45) is 2.80. The minimum absolute atomic E-state index is 0.287. The molecule has 2 unspecified atom stereocenters. The Morgan fingerprint density at radius 1 is 1.24 bits per heavy atom. The monoisotopic (exact) mass is 284 g/mol. The molecule has 0 radical (unpaired) electrons. The van der Waals surface area contributed by atoms with Gasteiger partial charge in [-0.1, -0.05) is 42.4 Å². The molecule has 1 N–H and O–H groups in total. The molecule has 0 amide bonds. The lowest BCUT2D eigenvalue weighted by atomic mass is 9.97. The van der Waals surface area contributed by atoms with E-state index >= 15 is 0 Å². The van der Waals surface area contributed by atoms with Crippen molar-refractivity contribution in [3.8, 4) is 11.4 Å². The van der Waals surface area contributed by atoms with Gasteiger partial charge in [-0.2, -0.15) is 10.1 Å². The quantitative estimate of drug-likeness (QED) is 0.795. The van der Waals surface area contributed by atoms with Crippen LogP contribution in [0.2, 0.25) is 0 Å². The van der Waals surface area contributed by atoms with E-state index in [4.69, 9.17) is 4.52 Å². The number of hydrogen-bond donors (Lipinski definition) is 1. The first-order valence-corrected chi connectivity index (χ1v) is 6.71. The first-order valence-electron chi connectivity index (χ1n) is 6.71. The largest absolute Gasteiger partial charge is 0.388 e. The van der Waals surface area contributed by atoms with E-state index < -0.39 is 6.10 Å². The Hall–Kier alpha value is -2.47. The summed E-state index contributed by atoms with van der Waals surface area (Å²) in [6.45, 7) is 1.86. The molecule has 1 aromatic carbocycles. The Bertz CT molecular complexity index is 720. The van der Waals surface area contributed by atoms with Crippen LogP contribution in [0.15, 0.2) is 47.2 Å². The number of nitrogens with zero attached hydrogens (tertiary/aromatic N) is 4. The summed E-state index contributed by atoms with van der Waals surface area (Å²) in [5.74, 6) is 0.598. The Labute approximate surface area is 122 Å². The van der Waals surface area contributed by atoms with Gasteiger partial charge >= 0.3 is 0 Å². The maximum absolute atomic E-state index is 10.4. The van der Waals surface area contributed by atoms with E-state index in [0.717, 1.165) is 11.1 Å². The highest BCUT2D eigenvalue weighted by atomic mass is 16.5. The van der Waals surface area contributed by atoms with Gasteiger partial charge in [0.1, 0.15) is 0 Å². The molecule has 3 aromatic rings.